The molecule has 0 fully saturated rings. The van der Waals surface area contributed by atoms with Gasteiger partial charge >= 0.3 is 5.97 Å². The molecule has 24 heavy (non-hydrogen) atoms. The summed E-state index contributed by atoms with van der Waals surface area (Å²) in [5, 5.41) is 0. The van der Waals surface area contributed by atoms with Gasteiger partial charge in [-0.1, -0.05) is 55.4 Å². The van der Waals surface area contributed by atoms with E-state index in [1.165, 1.54) is 0 Å². The highest BCUT2D eigenvalue weighted by Gasteiger charge is 2.27. The molecule has 0 amide bonds. The SMILES string of the molecule is CC(=O)[C@H](C)[C@H](C)C(C)C.CC(C)[C@@H](C)[C@@H](C)C(=O)OC(C)(C)C. The van der Waals surface area contributed by atoms with Crippen LogP contribution in [0.5, 0.6) is 0 Å². The Kier molecular flexibility index (Phi) is 11.5. The third-order valence-corrected chi connectivity index (χ3v) is 5.10. The molecule has 0 unspecified atom stereocenters. The molecule has 0 aromatic carbocycles. The average Bonchev–Trinajstić information content (AvgIpc) is 2.42. The predicted molar refractivity (Wildman–Crippen MR) is 103 cm³/mol. The van der Waals surface area contributed by atoms with E-state index in [0.717, 1.165) is 0 Å². The lowest BCUT2D eigenvalue weighted by Gasteiger charge is -2.26. The third-order valence-electron chi connectivity index (χ3n) is 5.10. The summed E-state index contributed by atoms with van der Waals surface area (Å²) in [4.78, 5) is 22.6. The van der Waals surface area contributed by atoms with Crippen molar-refractivity contribution in [3.63, 3.8) is 0 Å². The van der Waals surface area contributed by atoms with E-state index in [-0.39, 0.29) is 23.4 Å². The lowest BCUT2D eigenvalue weighted by Crippen LogP contribution is -2.31. The molecular weight excluding hydrogens is 300 g/mol. The first kappa shape index (κ1) is 25.4. The molecule has 0 aliphatic rings. The van der Waals surface area contributed by atoms with Gasteiger partial charge in [-0.2, -0.15) is 0 Å². The van der Waals surface area contributed by atoms with Crippen molar-refractivity contribution < 1.29 is 14.3 Å². The van der Waals surface area contributed by atoms with Gasteiger partial charge in [0, 0.05) is 5.92 Å². The minimum Gasteiger partial charge on any atom is -0.460 e. The van der Waals surface area contributed by atoms with Crippen LogP contribution in [0.4, 0.5) is 0 Å². The van der Waals surface area contributed by atoms with Crippen molar-refractivity contribution in [2.45, 2.75) is 88.7 Å². The summed E-state index contributed by atoms with van der Waals surface area (Å²) in [5.41, 5.74) is -0.373. The number of carbonyl (C=O) groups is 2. The standard InChI is InChI=1S/C12H24O2.C9H18O/c1-8(2)9(3)10(4)11(13)14-12(5,6)7;1-6(2)7(3)8(4)9(5)10/h8-10H,1-7H3;6-8H,1-5H3/t9-,10-;7-,8-/m11/s1. The Balaban J connectivity index is 0. The molecule has 0 aromatic heterocycles. The fourth-order valence-electron chi connectivity index (χ4n) is 2.13. The minimum absolute atomic E-state index is 0.0192. The summed E-state index contributed by atoms with van der Waals surface area (Å²) in [6.45, 7) is 24.1. The molecule has 0 saturated heterocycles. The normalized spacial score (nSPS) is 16.8. The van der Waals surface area contributed by atoms with Crippen LogP contribution >= 0.6 is 0 Å². The van der Waals surface area contributed by atoms with E-state index in [4.69, 9.17) is 4.74 Å². The number of hydrogen-bond acceptors (Lipinski definition) is 3. The Labute approximate surface area is 150 Å². The number of carbonyl (C=O) groups excluding carboxylic acids is 2. The number of esters is 1. The van der Waals surface area contributed by atoms with Crippen molar-refractivity contribution in [1.29, 1.82) is 0 Å². The second-order valence-electron chi connectivity index (χ2n) is 8.93. The molecule has 144 valence electrons. The van der Waals surface area contributed by atoms with Crippen LogP contribution in [-0.2, 0) is 14.3 Å². The Morgan fingerprint density at radius 2 is 1.04 bits per heavy atom. The average molecular weight is 343 g/mol. The maximum atomic E-state index is 11.7. The van der Waals surface area contributed by atoms with Crippen molar-refractivity contribution in [1.82, 2.24) is 0 Å². The van der Waals surface area contributed by atoms with Gasteiger partial charge in [-0.3, -0.25) is 9.59 Å². The quantitative estimate of drug-likeness (QED) is 0.576. The first-order valence-electron chi connectivity index (χ1n) is 9.35. The first-order valence-corrected chi connectivity index (χ1v) is 9.35. The molecular formula is C21H42O3. The number of Topliss-reactive ketones (excluding diaryl/α,β-unsaturated/α-hetero) is 1. The fraction of sp³-hybridized carbons (Fsp3) is 0.905. The van der Waals surface area contributed by atoms with Crippen LogP contribution in [0.25, 0.3) is 0 Å². The summed E-state index contributed by atoms with van der Waals surface area (Å²) in [6.07, 6.45) is 0. The Morgan fingerprint density at radius 3 is 1.25 bits per heavy atom. The molecule has 0 spiro atoms. The van der Waals surface area contributed by atoms with Crippen LogP contribution in [-0.4, -0.2) is 17.4 Å². The lowest BCUT2D eigenvalue weighted by atomic mass is 9.84. The van der Waals surface area contributed by atoms with Crippen LogP contribution in [0, 0.1) is 35.5 Å². The number of rotatable bonds is 6. The minimum atomic E-state index is -0.373. The molecule has 0 N–H and O–H groups in total. The van der Waals surface area contributed by atoms with Crippen LogP contribution in [0.15, 0.2) is 0 Å². The topological polar surface area (TPSA) is 43.4 Å². The molecule has 3 heteroatoms. The first-order chi connectivity index (χ1) is 10.6. The van der Waals surface area contributed by atoms with Gasteiger partial charge in [-0.15, -0.1) is 0 Å². The van der Waals surface area contributed by atoms with Crippen molar-refractivity contribution >= 4 is 11.8 Å². The van der Waals surface area contributed by atoms with Gasteiger partial charge in [0.15, 0.2) is 0 Å². The zero-order chi connectivity index (χ0) is 19.8. The second kappa shape index (κ2) is 10.9. The second-order valence-corrected chi connectivity index (χ2v) is 8.93. The molecule has 0 saturated carbocycles. The molecule has 4 atom stereocenters. The van der Waals surface area contributed by atoms with Crippen LogP contribution < -0.4 is 0 Å². The fourth-order valence-corrected chi connectivity index (χ4v) is 2.13. The van der Waals surface area contributed by atoms with E-state index in [1.807, 2.05) is 34.6 Å². The van der Waals surface area contributed by atoms with Gasteiger partial charge in [-0.05, 0) is 51.4 Å². The van der Waals surface area contributed by atoms with Gasteiger partial charge in [0.25, 0.3) is 0 Å². The van der Waals surface area contributed by atoms with E-state index in [9.17, 15) is 9.59 Å². The van der Waals surface area contributed by atoms with Crippen LogP contribution in [0.1, 0.15) is 83.1 Å². The van der Waals surface area contributed by atoms with E-state index in [1.54, 1.807) is 6.92 Å². The van der Waals surface area contributed by atoms with Gasteiger partial charge in [0.2, 0.25) is 0 Å². The Hall–Kier alpha value is -0.860. The maximum Gasteiger partial charge on any atom is 0.309 e. The smallest absolute Gasteiger partial charge is 0.309 e. The lowest BCUT2D eigenvalue weighted by molar-refractivity contribution is -0.161. The molecule has 0 heterocycles. The summed E-state index contributed by atoms with van der Waals surface area (Å²) in [6, 6.07) is 0. The van der Waals surface area contributed by atoms with E-state index >= 15 is 0 Å². The highest BCUT2D eigenvalue weighted by molar-refractivity contribution is 5.78. The van der Waals surface area contributed by atoms with Gasteiger partial charge in [-0.25, -0.2) is 0 Å². The third kappa shape index (κ3) is 10.8. The summed E-state index contributed by atoms with van der Waals surface area (Å²) >= 11 is 0. The maximum absolute atomic E-state index is 11.7. The molecule has 0 radical (unpaired) electrons. The predicted octanol–water partition coefficient (Wildman–Crippen LogP) is 5.76. The summed E-state index contributed by atoms with van der Waals surface area (Å²) in [5.74, 6) is 2.42. The number of ketones is 1. The van der Waals surface area contributed by atoms with Crippen molar-refractivity contribution in [3.05, 3.63) is 0 Å². The van der Waals surface area contributed by atoms with Crippen molar-refractivity contribution in [2.24, 2.45) is 35.5 Å². The van der Waals surface area contributed by atoms with Gasteiger partial charge < -0.3 is 4.74 Å². The number of ether oxygens (including phenoxy) is 1. The summed E-state index contributed by atoms with van der Waals surface area (Å²) in [7, 11) is 0. The zero-order valence-corrected chi connectivity index (χ0v) is 18.2. The highest BCUT2D eigenvalue weighted by Crippen LogP contribution is 2.23. The van der Waals surface area contributed by atoms with Crippen LogP contribution in [0.2, 0.25) is 0 Å². The van der Waals surface area contributed by atoms with Crippen molar-refractivity contribution in [2.75, 3.05) is 0 Å². The molecule has 0 rings (SSSR count). The molecule has 0 aromatic rings. The van der Waals surface area contributed by atoms with Crippen LogP contribution in [0.3, 0.4) is 0 Å². The Morgan fingerprint density at radius 1 is 0.708 bits per heavy atom. The molecule has 0 aliphatic heterocycles. The van der Waals surface area contributed by atoms with Gasteiger partial charge in [0.1, 0.15) is 11.4 Å². The molecule has 0 aliphatic carbocycles. The Bertz CT molecular complexity index is 377. The largest absolute Gasteiger partial charge is 0.460 e. The summed E-state index contributed by atoms with van der Waals surface area (Å²) < 4.78 is 5.33. The van der Waals surface area contributed by atoms with Gasteiger partial charge in [0.05, 0.1) is 5.92 Å². The monoisotopic (exact) mass is 342 g/mol. The van der Waals surface area contributed by atoms with E-state index in [0.29, 0.717) is 29.5 Å². The highest BCUT2D eigenvalue weighted by atomic mass is 16.6. The molecule has 3 nitrogen and oxygen atoms in total. The molecule has 0 bridgehead atoms. The number of hydrogen-bond donors (Lipinski definition) is 0. The van der Waals surface area contributed by atoms with E-state index < -0.39 is 0 Å². The zero-order valence-electron chi connectivity index (χ0n) is 18.2. The van der Waals surface area contributed by atoms with E-state index in [2.05, 4.69) is 41.5 Å². The van der Waals surface area contributed by atoms with Crippen molar-refractivity contribution in [3.8, 4) is 0 Å².